The highest BCUT2D eigenvalue weighted by Crippen LogP contribution is 2.19. The molecule has 1 aromatic rings. The molecule has 1 N–H and O–H groups in total. The number of carbonyl (C=O) groups excluding carboxylic acids is 1. The van der Waals surface area contributed by atoms with Gasteiger partial charge in [-0.15, -0.1) is 23.1 Å². The number of thiazole rings is 1. The SMILES string of the molecule is Cc1nc(CSCC(=O)N2CCC(C)C(O)C2)cs1. The van der Waals surface area contributed by atoms with Crippen molar-refractivity contribution in [1.82, 2.24) is 9.88 Å². The van der Waals surface area contributed by atoms with Gasteiger partial charge in [0.2, 0.25) is 5.91 Å². The molecular formula is C13H20N2O2S2. The summed E-state index contributed by atoms with van der Waals surface area (Å²) < 4.78 is 0. The molecular weight excluding hydrogens is 280 g/mol. The molecule has 6 heteroatoms. The summed E-state index contributed by atoms with van der Waals surface area (Å²) >= 11 is 3.23. The Morgan fingerprint density at radius 2 is 2.47 bits per heavy atom. The summed E-state index contributed by atoms with van der Waals surface area (Å²) in [4.78, 5) is 18.2. The van der Waals surface area contributed by atoms with Crippen molar-refractivity contribution in [3.05, 3.63) is 16.1 Å². The molecule has 0 radical (unpaired) electrons. The molecule has 0 saturated carbocycles. The lowest BCUT2D eigenvalue weighted by molar-refractivity contribution is -0.132. The van der Waals surface area contributed by atoms with Crippen LogP contribution in [-0.2, 0) is 10.5 Å². The van der Waals surface area contributed by atoms with Crippen LogP contribution in [0.2, 0.25) is 0 Å². The molecule has 0 bridgehead atoms. The molecule has 2 atom stereocenters. The summed E-state index contributed by atoms with van der Waals surface area (Å²) in [6.45, 7) is 5.27. The first-order valence-corrected chi connectivity index (χ1v) is 8.54. The van der Waals surface area contributed by atoms with Crippen LogP contribution in [-0.4, -0.2) is 45.8 Å². The number of aliphatic hydroxyl groups excluding tert-OH is 1. The van der Waals surface area contributed by atoms with Gasteiger partial charge in [-0.2, -0.15) is 0 Å². The molecule has 2 rings (SSSR count). The van der Waals surface area contributed by atoms with Crippen LogP contribution in [0.15, 0.2) is 5.38 Å². The van der Waals surface area contributed by atoms with Crippen molar-refractivity contribution in [3.8, 4) is 0 Å². The van der Waals surface area contributed by atoms with Gasteiger partial charge in [-0.25, -0.2) is 4.98 Å². The number of hydrogen-bond donors (Lipinski definition) is 1. The third-order valence-electron chi connectivity index (χ3n) is 3.41. The van der Waals surface area contributed by atoms with E-state index < -0.39 is 0 Å². The van der Waals surface area contributed by atoms with Crippen molar-refractivity contribution in [2.45, 2.75) is 32.1 Å². The van der Waals surface area contributed by atoms with Crippen molar-refractivity contribution >= 4 is 29.0 Å². The molecule has 4 nitrogen and oxygen atoms in total. The lowest BCUT2D eigenvalue weighted by Gasteiger charge is -2.34. The third-order valence-corrected chi connectivity index (χ3v) is 5.19. The van der Waals surface area contributed by atoms with E-state index >= 15 is 0 Å². The van der Waals surface area contributed by atoms with Gasteiger partial charge in [0, 0.05) is 24.2 Å². The number of likely N-dealkylation sites (tertiary alicyclic amines) is 1. The molecule has 1 aliphatic rings. The zero-order valence-corrected chi connectivity index (χ0v) is 13.0. The number of aliphatic hydroxyl groups is 1. The molecule has 0 spiro atoms. The van der Waals surface area contributed by atoms with E-state index in [0.29, 0.717) is 18.2 Å². The monoisotopic (exact) mass is 300 g/mol. The van der Waals surface area contributed by atoms with Crippen molar-refractivity contribution in [3.63, 3.8) is 0 Å². The Kier molecular flexibility index (Phi) is 5.24. The Morgan fingerprint density at radius 1 is 1.68 bits per heavy atom. The standard InChI is InChI=1S/C13H20N2O2S2/c1-9-3-4-15(5-12(9)16)13(17)8-18-6-11-7-19-10(2)14-11/h7,9,12,16H,3-6,8H2,1-2H3. The molecule has 1 amide bonds. The average Bonchev–Trinajstić information content (AvgIpc) is 2.78. The summed E-state index contributed by atoms with van der Waals surface area (Å²) in [6.07, 6.45) is 0.520. The van der Waals surface area contributed by atoms with E-state index in [1.807, 2.05) is 19.2 Å². The largest absolute Gasteiger partial charge is 0.391 e. The molecule has 0 aliphatic carbocycles. The number of carbonyl (C=O) groups is 1. The van der Waals surface area contributed by atoms with Crippen molar-refractivity contribution in [2.24, 2.45) is 5.92 Å². The van der Waals surface area contributed by atoms with Crippen molar-refractivity contribution in [2.75, 3.05) is 18.8 Å². The highest BCUT2D eigenvalue weighted by molar-refractivity contribution is 7.99. The number of piperidine rings is 1. The Hall–Kier alpha value is -0.590. The van der Waals surface area contributed by atoms with Crippen LogP contribution >= 0.6 is 23.1 Å². The van der Waals surface area contributed by atoms with E-state index in [1.165, 1.54) is 0 Å². The van der Waals surface area contributed by atoms with Crippen molar-refractivity contribution in [1.29, 1.82) is 0 Å². The maximum Gasteiger partial charge on any atom is 0.232 e. The van der Waals surface area contributed by atoms with Gasteiger partial charge >= 0.3 is 0 Å². The fourth-order valence-corrected chi connectivity index (χ4v) is 3.62. The van der Waals surface area contributed by atoms with Gasteiger partial charge in [-0.05, 0) is 19.3 Å². The Morgan fingerprint density at radius 3 is 3.11 bits per heavy atom. The zero-order valence-electron chi connectivity index (χ0n) is 11.3. The van der Waals surface area contributed by atoms with Gasteiger partial charge in [-0.3, -0.25) is 4.79 Å². The van der Waals surface area contributed by atoms with Gasteiger partial charge in [-0.1, -0.05) is 6.92 Å². The molecule has 2 heterocycles. The summed E-state index contributed by atoms with van der Waals surface area (Å²) in [5, 5.41) is 12.9. The average molecular weight is 300 g/mol. The minimum Gasteiger partial charge on any atom is -0.391 e. The topological polar surface area (TPSA) is 53.4 Å². The van der Waals surface area contributed by atoms with Gasteiger partial charge in [0.1, 0.15) is 0 Å². The molecule has 19 heavy (non-hydrogen) atoms. The van der Waals surface area contributed by atoms with E-state index in [1.54, 1.807) is 28.0 Å². The lowest BCUT2D eigenvalue weighted by Crippen LogP contribution is -2.46. The molecule has 1 fully saturated rings. The van der Waals surface area contributed by atoms with E-state index in [0.717, 1.165) is 29.4 Å². The lowest BCUT2D eigenvalue weighted by atomic mass is 9.96. The van der Waals surface area contributed by atoms with Gasteiger partial charge in [0.05, 0.1) is 22.6 Å². The van der Waals surface area contributed by atoms with Gasteiger partial charge < -0.3 is 10.0 Å². The second kappa shape index (κ2) is 6.72. The fraction of sp³-hybridized carbons (Fsp3) is 0.692. The Balaban J connectivity index is 1.72. The molecule has 1 aliphatic heterocycles. The molecule has 1 saturated heterocycles. The smallest absolute Gasteiger partial charge is 0.232 e. The number of nitrogens with zero attached hydrogens (tertiary/aromatic N) is 2. The minimum atomic E-state index is -0.371. The van der Waals surface area contributed by atoms with Gasteiger partial charge in [0.15, 0.2) is 0 Å². The van der Waals surface area contributed by atoms with Crippen molar-refractivity contribution < 1.29 is 9.90 Å². The number of thioether (sulfide) groups is 1. The van der Waals surface area contributed by atoms with Crippen LogP contribution in [0.3, 0.4) is 0 Å². The number of aryl methyl sites for hydroxylation is 1. The fourth-order valence-electron chi connectivity index (χ4n) is 2.08. The van der Waals surface area contributed by atoms with E-state index in [-0.39, 0.29) is 12.0 Å². The van der Waals surface area contributed by atoms with Crippen LogP contribution < -0.4 is 0 Å². The van der Waals surface area contributed by atoms with E-state index in [2.05, 4.69) is 4.98 Å². The maximum absolute atomic E-state index is 12.0. The first kappa shape index (κ1) is 14.8. The van der Waals surface area contributed by atoms with Gasteiger partial charge in [0.25, 0.3) is 0 Å². The van der Waals surface area contributed by atoms with Crippen LogP contribution in [0.25, 0.3) is 0 Å². The van der Waals surface area contributed by atoms with Crippen LogP contribution in [0, 0.1) is 12.8 Å². The second-order valence-electron chi connectivity index (χ2n) is 5.02. The van der Waals surface area contributed by atoms with Crippen LogP contribution in [0.5, 0.6) is 0 Å². The number of hydrogen-bond acceptors (Lipinski definition) is 5. The zero-order chi connectivity index (χ0) is 13.8. The number of rotatable bonds is 4. The number of β-amino-alcohol motifs (C(OH)–C–C–N with tert-alkyl or cyclic N) is 1. The highest BCUT2D eigenvalue weighted by atomic mass is 32.2. The highest BCUT2D eigenvalue weighted by Gasteiger charge is 2.26. The molecule has 1 aromatic heterocycles. The van der Waals surface area contributed by atoms with Crippen LogP contribution in [0.1, 0.15) is 24.0 Å². The number of amides is 1. The summed E-state index contributed by atoms with van der Waals surface area (Å²) in [5.74, 6) is 1.68. The van der Waals surface area contributed by atoms with E-state index in [9.17, 15) is 9.90 Å². The maximum atomic E-state index is 12.0. The predicted molar refractivity (Wildman–Crippen MR) is 79.4 cm³/mol. The predicted octanol–water partition coefficient (Wildman–Crippen LogP) is 1.91. The second-order valence-corrected chi connectivity index (χ2v) is 7.07. The normalized spacial score (nSPS) is 23.6. The molecule has 0 aromatic carbocycles. The van der Waals surface area contributed by atoms with Crippen LogP contribution in [0.4, 0.5) is 0 Å². The number of aromatic nitrogens is 1. The first-order chi connectivity index (χ1) is 9.06. The Labute approximate surface area is 122 Å². The third kappa shape index (κ3) is 4.19. The Bertz CT molecular complexity index is 436. The minimum absolute atomic E-state index is 0.128. The first-order valence-electron chi connectivity index (χ1n) is 6.51. The summed E-state index contributed by atoms with van der Waals surface area (Å²) in [5.41, 5.74) is 1.05. The van der Waals surface area contributed by atoms with E-state index in [4.69, 9.17) is 0 Å². The molecule has 106 valence electrons. The summed E-state index contributed by atoms with van der Waals surface area (Å²) in [6, 6.07) is 0. The quantitative estimate of drug-likeness (QED) is 0.923. The summed E-state index contributed by atoms with van der Waals surface area (Å²) in [7, 11) is 0. The molecule has 2 unspecified atom stereocenters.